The number of hydrogen-bond acceptors (Lipinski definition) is 5. The Morgan fingerprint density at radius 1 is 1.41 bits per heavy atom. The van der Waals surface area contributed by atoms with Gasteiger partial charge < -0.3 is 9.52 Å². The van der Waals surface area contributed by atoms with Gasteiger partial charge in [-0.15, -0.1) is 0 Å². The molecule has 0 bridgehead atoms. The lowest BCUT2D eigenvalue weighted by atomic mass is 10.1. The minimum Gasteiger partial charge on any atom is -0.477 e. The van der Waals surface area contributed by atoms with Crippen molar-refractivity contribution in [3.63, 3.8) is 0 Å². The number of nitrogens with zero attached hydrogens (tertiary/aromatic N) is 2. The topological polar surface area (TPSA) is 117 Å². The van der Waals surface area contributed by atoms with Crippen LogP contribution in [0.4, 0.5) is 5.69 Å². The number of carboxylic acid groups (broad SMARTS) is 1. The Balaban J connectivity index is 2.48. The molecule has 2 aromatic rings. The Labute approximate surface area is 128 Å². The number of nitro groups is 1. The van der Waals surface area contributed by atoms with Gasteiger partial charge in [0, 0.05) is 17.2 Å². The number of carboxylic acids is 1. The van der Waals surface area contributed by atoms with Crippen LogP contribution >= 0.6 is 11.6 Å². The summed E-state index contributed by atoms with van der Waals surface area (Å²) in [5.41, 5.74) is -0.550. The molecule has 1 N–H and O–H groups in total. The number of carbonyl (C=O) groups is 1. The van der Waals surface area contributed by atoms with Gasteiger partial charge in [0.2, 0.25) is 0 Å². The highest BCUT2D eigenvalue weighted by Gasteiger charge is 2.18. The van der Waals surface area contributed by atoms with Crippen molar-refractivity contribution in [1.29, 1.82) is 5.26 Å². The van der Waals surface area contributed by atoms with Gasteiger partial charge in [0.15, 0.2) is 0 Å². The van der Waals surface area contributed by atoms with Crippen LogP contribution in [-0.2, 0) is 4.79 Å². The number of hydrogen-bond donors (Lipinski definition) is 1. The van der Waals surface area contributed by atoms with Crippen LogP contribution in [0.2, 0.25) is 5.02 Å². The minimum atomic E-state index is -1.39. The quantitative estimate of drug-likeness (QED) is 0.399. The molecule has 0 aliphatic rings. The van der Waals surface area contributed by atoms with E-state index in [1.54, 1.807) is 0 Å². The van der Waals surface area contributed by atoms with Crippen molar-refractivity contribution in [2.75, 3.05) is 0 Å². The average Bonchev–Trinajstić information content (AvgIpc) is 2.92. The third-order valence-corrected chi connectivity index (χ3v) is 2.92. The van der Waals surface area contributed by atoms with E-state index < -0.39 is 16.5 Å². The van der Waals surface area contributed by atoms with Crippen LogP contribution in [0.25, 0.3) is 17.4 Å². The number of halogens is 1. The predicted molar refractivity (Wildman–Crippen MR) is 77.0 cm³/mol. The summed E-state index contributed by atoms with van der Waals surface area (Å²) in [6.45, 7) is 0. The van der Waals surface area contributed by atoms with Crippen molar-refractivity contribution in [1.82, 2.24) is 0 Å². The molecule has 1 heterocycles. The van der Waals surface area contributed by atoms with Crippen LogP contribution in [0, 0.1) is 21.4 Å². The first kappa shape index (κ1) is 15.3. The van der Waals surface area contributed by atoms with E-state index in [2.05, 4.69) is 0 Å². The summed E-state index contributed by atoms with van der Waals surface area (Å²) in [4.78, 5) is 21.2. The highest BCUT2D eigenvalue weighted by Crippen LogP contribution is 2.33. The maximum atomic E-state index is 11.0. The Bertz CT molecular complexity index is 832. The van der Waals surface area contributed by atoms with Crippen molar-refractivity contribution in [3.05, 3.63) is 56.8 Å². The maximum Gasteiger partial charge on any atom is 0.346 e. The molecule has 0 radical (unpaired) electrons. The first-order valence-electron chi connectivity index (χ1n) is 5.81. The van der Waals surface area contributed by atoms with Crippen molar-refractivity contribution < 1.29 is 19.2 Å². The molecule has 22 heavy (non-hydrogen) atoms. The average molecular weight is 319 g/mol. The SMILES string of the molecule is N#C/C(=C\c1ccc(-c2ccc(Cl)cc2[N+](=O)[O-])o1)C(=O)O. The van der Waals surface area contributed by atoms with Crippen LogP contribution in [-0.4, -0.2) is 16.0 Å². The Kier molecular flexibility index (Phi) is 4.25. The van der Waals surface area contributed by atoms with Crippen LogP contribution < -0.4 is 0 Å². The summed E-state index contributed by atoms with van der Waals surface area (Å²) in [5.74, 6) is -1.13. The molecule has 1 aromatic heterocycles. The second kappa shape index (κ2) is 6.11. The zero-order valence-corrected chi connectivity index (χ0v) is 11.6. The van der Waals surface area contributed by atoms with E-state index >= 15 is 0 Å². The molecule has 0 unspecified atom stereocenters. The van der Waals surface area contributed by atoms with E-state index in [9.17, 15) is 14.9 Å². The fourth-order valence-corrected chi connectivity index (χ4v) is 1.89. The predicted octanol–water partition coefficient (Wildman–Crippen LogP) is 3.50. The van der Waals surface area contributed by atoms with Crippen molar-refractivity contribution in [3.8, 4) is 17.4 Å². The lowest BCUT2D eigenvalue weighted by Crippen LogP contribution is -1.96. The maximum absolute atomic E-state index is 11.0. The molecule has 2 rings (SSSR count). The largest absolute Gasteiger partial charge is 0.477 e. The summed E-state index contributed by atoms with van der Waals surface area (Å²) in [7, 11) is 0. The second-order valence-corrected chi connectivity index (χ2v) is 4.53. The summed E-state index contributed by atoms with van der Waals surface area (Å²) in [6, 6.07) is 8.45. The van der Waals surface area contributed by atoms with Gasteiger partial charge in [-0.2, -0.15) is 5.26 Å². The molecule has 0 saturated carbocycles. The molecule has 0 aliphatic heterocycles. The molecule has 110 valence electrons. The van der Waals surface area contributed by atoms with Gasteiger partial charge in [0.25, 0.3) is 5.69 Å². The van der Waals surface area contributed by atoms with Gasteiger partial charge in [0.1, 0.15) is 23.2 Å². The Morgan fingerprint density at radius 2 is 2.14 bits per heavy atom. The molecule has 0 amide bonds. The first-order chi connectivity index (χ1) is 10.4. The van der Waals surface area contributed by atoms with Gasteiger partial charge in [-0.25, -0.2) is 4.79 Å². The van der Waals surface area contributed by atoms with E-state index in [4.69, 9.17) is 26.4 Å². The number of rotatable bonds is 4. The second-order valence-electron chi connectivity index (χ2n) is 4.10. The van der Waals surface area contributed by atoms with Crippen LogP contribution in [0.1, 0.15) is 5.76 Å². The van der Waals surface area contributed by atoms with Crippen LogP contribution in [0.3, 0.4) is 0 Å². The van der Waals surface area contributed by atoms with Gasteiger partial charge in [-0.1, -0.05) is 11.6 Å². The van der Waals surface area contributed by atoms with Gasteiger partial charge >= 0.3 is 5.97 Å². The van der Waals surface area contributed by atoms with E-state index in [-0.39, 0.29) is 27.8 Å². The van der Waals surface area contributed by atoms with E-state index in [1.165, 1.54) is 36.4 Å². The van der Waals surface area contributed by atoms with Crippen LogP contribution in [0.15, 0.2) is 40.3 Å². The molecule has 0 aliphatic carbocycles. The van der Waals surface area contributed by atoms with Crippen molar-refractivity contribution in [2.24, 2.45) is 0 Å². The molecule has 0 spiro atoms. The Hall–Kier alpha value is -3.11. The minimum absolute atomic E-state index is 0.0956. The number of aliphatic carboxylic acids is 1. The first-order valence-corrected chi connectivity index (χ1v) is 6.19. The molecular weight excluding hydrogens is 312 g/mol. The molecule has 1 aromatic carbocycles. The lowest BCUT2D eigenvalue weighted by molar-refractivity contribution is -0.384. The highest BCUT2D eigenvalue weighted by molar-refractivity contribution is 6.30. The number of furan rings is 1. The van der Waals surface area contributed by atoms with E-state index in [0.717, 1.165) is 6.08 Å². The normalized spacial score (nSPS) is 11.0. The third-order valence-electron chi connectivity index (χ3n) is 2.69. The van der Waals surface area contributed by atoms with Gasteiger partial charge in [0.05, 0.1) is 10.5 Å². The monoisotopic (exact) mass is 318 g/mol. The fraction of sp³-hybridized carbons (Fsp3) is 0. The summed E-state index contributed by atoms with van der Waals surface area (Å²) >= 11 is 5.73. The van der Waals surface area contributed by atoms with Crippen LogP contribution in [0.5, 0.6) is 0 Å². The smallest absolute Gasteiger partial charge is 0.346 e. The Morgan fingerprint density at radius 3 is 2.73 bits per heavy atom. The number of nitriles is 1. The number of nitro benzene ring substituents is 1. The summed E-state index contributed by atoms with van der Waals surface area (Å²) in [6.07, 6.45) is 1.04. The highest BCUT2D eigenvalue weighted by atomic mass is 35.5. The van der Waals surface area contributed by atoms with Crippen molar-refractivity contribution in [2.45, 2.75) is 0 Å². The molecular formula is C14H7ClN2O5. The van der Waals surface area contributed by atoms with Gasteiger partial charge in [-0.05, 0) is 24.3 Å². The van der Waals surface area contributed by atoms with Gasteiger partial charge in [-0.3, -0.25) is 10.1 Å². The standard InChI is InChI=1S/C14H7ClN2O5/c15-9-1-3-11(12(6-9)17(20)21)13-4-2-10(22-13)5-8(7-16)14(18)19/h1-6H,(H,18,19)/b8-5+. The zero-order valence-electron chi connectivity index (χ0n) is 10.8. The number of benzene rings is 1. The molecule has 7 nitrogen and oxygen atoms in total. The third kappa shape index (κ3) is 3.13. The van der Waals surface area contributed by atoms with Crippen molar-refractivity contribution >= 4 is 29.3 Å². The lowest BCUT2D eigenvalue weighted by Gasteiger charge is -2.00. The zero-order chi connectivity index (χ0) is 16.3. The summed E-state index contributed by atoms with van der Waals surface area (Å²) in [5, 5.41) is 28.7. The molecule has 0 atom stereocenters. The summed E-state index contributed by atoms with van der Waals surface area (Å²) < 4.78 is 5.34. The van der Waals surface area contributed by atoms with E-state index in [1.807, 2.05) is 0 Å². The molecule has 0 saturated heterocycles. The fourth-order valence-electron chi connectivity index (χ4n) is 1.72. The molecule has 0 fully saturated rings. The van der Waals surface area contributed by atoms with E-state index in [0.29, 0.717) is 0 Å². The molecule has 8 heteroatoms.